The summed E-state index contributed by atoms with van der Waals surface area (Å²) in [7, 11) is 1.71. The molecule has 1 saturated heterocycles. The van der Waals surface area contributed by atoms with E-state index in [2.05, 4.69) is 55.3 Å². The summed E-state index contributed by atoms with van der Waals surface area (Å²) in [5.74, 6) is 1.61. The monoisotopic (exact) mass is 276 g/mol. The predicted octanol–water partition coefficient (Wildman–Crippen LogP) is 2.90. The Kier molecular flexibility index (Phi) is 5.44. The first-order chi connectivity index (χ1) is 9.63. The Hall–Kier alpha value is -1.06. The van der Waals surface area contributed by atoms with E-state index in [1.807, 2.05) is 0 Å². The Morgan fingerprint density at radius 2 is 2.00 bits per heavy atom. The van der Waals surface area contributed by atoms with Gasteiger partial charge < -0.3 is 10.1 Å². The van der Waals surface area contributed by atoms with E-state index < -0.39 is 0 Å². The van der Waals surface area contributed by atoms with Gasteiger partial charge >= 0.3 is 0 Å². The molecule has 112 valence electrons. The number of hydrogen-bond acceptors (Lipinski definition) is 3. The second kappa shape index (κ2) is 7.09. The molecule has 1 aromatic rings. The molecule has 0 radical (unpaired) electrons. The van der Waals surface area contributed by atoms with Gasteiger partial charge in [-0.05, 0) is 30.0 Å². The summed E-state index contributed by atoms with van der Waals surface area (Å²) < 4.78 is 5.23. The van der Waals surface area contributed by atoms with Crippen LogP contribution in [0.25, 0.3) is 0 Å². The van der Waals surface area contributed by atoms with Crippen LogP contribution in [-0.4, -0.2) is 37.2 Å². The van der Waals surface area contributed by atoms with Crippen molar-refractivity contribution in [2.75, 3.05) is 20.2 Å². The highest BCUT2D eigenvalue weighted by molar-refractivity contribution is 5.27. The molecule has 2 rings (SSSR count). The number of nitrogens with zero attached hydrogens (tertiary/aromatic N) is 1. The highest BCUT2D eigenvalue weighted by atomic mass is 16.5. The van der Waals surface area contributed by atoms with E-state index in [4.69, 9.17) is 4.74 Å². The molecular weight excluding hydrogens is 248 g/mol. The third-order valence-corrected chi connectivity index (χ3v) is 4.35. The topological polar surface area (TPSA) is 24.5 Å². The van der Waals surface area contributed by atoms with Crippen molar-refractivity contribution in [2.45, 2.75) is 45.8 Å². The minimum atomic E-state index is 0.625. The van der Waals surface area contributed by atoms with Crippen LogP contribution in [0.3, 0.4) is 0 Å². The van der Waals surface area contributed by atoms with Crippen LogP contribution in [0.1, 0.15) is 32.8 Å². The Morgan fingerprint density at radius 3 is 2.55 bits per heavy atom. The molecule has 0 spiro atoms. The standard InChI is InChI=1S/C17H28N2O/c1-5-15-12-19(17(10-18-15)13(2)3)11-14-6-8-16(20-4)9-7-14/h6-9,13,15,17-18H,5,10-12H2,1-4H3. The van der Waals surface area contributed by atoms with E-state index >= 15 is 0 Å². The molecule has 1 fully saturated rings. The van der Waals surface area contributed by atoms with Gasteiger partial charge in [0.25, 0.3) is 0 Å². The smallest absolute Gasteiger partial charge is 0.118 e. The van der Waals surface area contributed by atoms with Gasteiger partial charge in [0.2, 0.25) is 0 Å². The number of rotatable bonds is 5. The van der Waals surface area contributed by atoms with Gasteiger partial charge in [-0.25, -0.2) is 0 Å². The Morgan fingerprint density at radius 1 is 1.30 bits per heavy atom. The van der Waals surface area contributed by atoms with Crippen molar-refractivity contribution in [3.8, 4) is 5.75 Å². The van der Waals surface area contributed by atoms with Gasteiger partial charge in [0, 0.05) is 31.7 Å². The number of piperazine rings is 1. The molecule has 1 aliphatic heterocycles. The number of benzene rings is 1. The summed E-state index contributed by atoms with van der Waals surface area (Å²) in [6, 6.07) is 9.72. The fraction of sp³-hybridized carbons (Fsp3) is 0.647. The fourth-order valence-corrected chi connectivity index (χ4v) is 2.98. The molecule has 1 aliphatic rings. The molecule has 0 saturated carbocycles. The molecule has 0 aliphatic carbocycles. The molecule has 1 heterocycles. The zero-order valence-electron chi connectivity index (χ0n) is 13.2. The van der Waals surface area contributed by atoms with Crippen LogP contribution in [0.5, 0.6) is 5.75 Å². The first kappa shape index (κ1) is 15.3. The van der Waals surface area contributed by atoms with E-state index in [0.717, 1.165) is 25.4 Å². The van der Waals surface area contributed by atoms with Crippen molar-refractivity contribution < 1.29 is 4.74 Å². The van der Waals surface area contributed by atoms with E-state index in [9.17, 15) is 0 Å². The lowest BCUT2D eigenvalue weighted by Crippen LogP contribution is -2.57. The summed E-state index contributed by atoms with van der Waals surface area (Å²) >= 11 is 0. The van der Waals surface area contributed by atoms with E-state index in [1.54, 1.807) is 7.11 Å². The maximum Gasteiger partial charge on any atom is 0.118 e. The van der Waals surface area contributed by atoms with Crippen molar-refractivity contribution in [2.24, 2.45) is 5.92 Å². The summed E-state index contributed by atoms with van der Waals surface area (Å²) in [6.07, 6.45) is 1.20. The average molecular weight is 276 g/mol. The lowest BCUT2D eigenvalue weighted by molar-refractivity contribution is 0.0900. The van der Waals surface area contributed by atoms with Crippen molar-refractivity contribution in [1.82, 2.24) is 10.2 Å². The fourth-order valence-electron chi connectivity index (χ4n) is 2.98. The first-order valence-corrected chi connectivity index (χ1v) is 7.74. The van der Waals surface area contributed by atoms with Gasteiger partial charge in [-0.1, -0.05) is 32.9 Å². The Balaban J connectivity index is 2.05. The zero-order valence-corrected chi connectivity index (χ0v) is 13.2. The van der Waals surface area contributed by atoms with Crippen LogP contribution < -0.4 is 10.1 Å². The summed E-state index contributed by atoms with van der Waals surface area (Å²) in [5, 5.41) is 3.67. The van der Waals surface area contributed by atoms with Crippen LogP contribution in [0.2, 0.25) is 0 Å². The second-order valence-corrected chi connectivity index (χ2v) is 6.10. The number of nitrogens with one attached hydrogen (secondary N) is 1. The summed E-state index contributed by atoms with van der Waals surface area (Å²) in [5.41, 5.74) is 1.37. The maximum absolute atomic E-state index is 5.23. The predicted molar refractivity (Wildman–Crippen MR) is 84.1 cm³/mol. The molecule has 2 atom stereocenters. The molecular formula is C17H28N2O. The van der Waals surface area contributed by atoms with Crippen LogP contribution in [0.15, 0.2) is 24.3 Å². The van der Waals surface area contributed by atoms with Gasteiger partial charge in [0.15, 0.2) is 0 Å². The van der Waals surface area contributed by atoms with Gasteiger partial charge in [-0.2, -0.15) is 0 Å². The van der Waals surface area contributed by atoms with Gasteiger partial charge in [0.1, 0.15) is 5.75 Å². The molecule has 0 aromatic heterocycles. The van der Waals surface area contributed by atoms with Gasteiger partial charge in [0.05, 0.1) is 7.11 Å². The van der Waals surface area contributed by atoms with Crippen LogP contribution in [-0.2, 0) is 6.54 Å². The Labute approximate surface area is 123 Å². The number of methoxy groups -OCH3 is 1. The zero-order chi connectivity index (χ0) is 14.5. The summed E-state index contributed by atoms with van der Waals surface area (Å²) in [6.45, 7) is 10.2. The second-order valence-electron chi connectivity index (χ2n) is 6.10. The maximum atomic E-state index is 5.23. The molecule has 1 N–H and O–H groups in total. The molecule has 1 aromatic carbocycles. The molecule has 0 amide bonds. The van der Waals surface area contributed by atoms with Crippen LogP contribution in [0, 0.1) is 5.92 Å². The quantitative estimate of drug-likeness (QED) is 0.895. The number of ether oxygens (including phenoxy) is 1. The average Bonchev–Trinajstić information content (AvgIpc) is 2.47. The highest BCUT2D eigenvalue weighted by Gasteiger charge is 2.28. The lowest BCUT2D eigenvalue weighted by atomic mass is 9.97. The van der Waals surface area contributed by atoms with Crippen molar-refractivity contribution in [3.05, 3.63) is 29.8 Å². The van der Waals surface area contributed by atoms with Crippen molar-refractivity contribution in [1.29, 1.82) is 0 Å². The third-order valence-electron chi connectivity index (χ3n) is 4.35. The molecule has 3 nitrogen and oxygen atoms in total. The van der Waals surface area contributed by atoms with Crippen LogP contribution >= 0.6 is 0 Å². The van der Waals surface area contributed by atoms with E-state index in [-0.39, 0.29) is 0 Å². The molecule has 2 unspecified atom stereocenters. The van der Waals surface area contributed by atoms with Crippen molar-refractivity contribution in [3.63, 3.8) is 0 Å². The number of hydrogen-bond donors (Lipinski definition) is 1. The largest absolute Gasteiger partial charge is 0.497 e. The highest BCUT2D eigenvalue weighted by Crippen LogP contribution is 2.20. The Bertz CT molecular complexity index is 402. The van der Waals surface area contributed by atoms with Gasteiger partial charge in [-0.3, -0.25) is 4.90 Å². The van der Waals surface area contributed by atoms with Gasteiger partial charge in [-0.15, -0.1) is 0 Å². The minimum Gasteiger partial charge on any atom is -0.497 e. The molecule has 20 heavy (non-hydrogen) atoms. The van der Waals surface area contributed by atoms with E-state index in [1.165, 1.54) is 12.0 Å². The SMILES string of the molecule is CCC1CN(Cc2ccc(OC)cc2)C(C(C)C)CN1. The van der Waals surface area contributed by atoms with Crippen LogP contribution in [0.4, 0.5) is 0 Å². The summed E-state index contributed by atoms with van der Waals surface area (Å²) in [4.78, 5) is 2.64. The molecule has 0 bridgehead atoms. The van der Waals surface area contributed by atoms with E-state index in [0.29, 0.717) is 18.0 Å². The third kappa shape index (κ3) is 3.74. The minimum absolute atomic E-state index is 0.625. The normalized spacial score (nSPS) is 24.1. The first-order valence-electron chi connectivity index (χ1n) is 7.74. The molecule has 3 heteroatoms. The van der Waals surface area contributed by atoms with Crippen molar-refractivity contribution >= 4 is 0 Å². The lowest BCUT2D eigenvalue weighted by Gasteiger charge is -2.42.